The van der Waals surface area contributed by atoms with Gasteiger partial charge in [0.1, 0.15) is 5.78 Å². The third-order valence-corrected chi connectivity index (χ3v) is 9.49. The zero-order chi connectivity index (χ0) is 25.4. The van der Waals surface area contributed by atoms with Gasteiger partial charge >= 0.3 is 0 Å². The van der Waals surface area contributed by atoms with Crippen molar-refractivity contribution in [3.63, 3.8) is 0 Å². The molecule has 1 saturated heterocycles. The third-order valence-electron chi connectivity index (χ3n) is 9.49. The van der Waals surface area contributed by atoms with Gasteiger partial charge in [0, 0.05) is 24.5 Å². The number of rotatable bonds is 10. The minimum absolute atomic E-state index is 0.0124. The first-order chi connectivity index (χ1) is 17.2. The van der Waals surface area contributed by atoms with E-state index < -0.39 is 0 Å². The van der Waals surface area contributed by atoms with Crippen molar-refractivity contribution in [1.29, 1.82) is 0 Å². The molecule has 0 radical (unpaired) electrons. The predicted molar refractivity (Wildman–Crippen MR) is 148 cm³/mol. The fourth-order valence-electron chi connectivity index (χ4n) is 7.60. The highest BCUT2D eigenvalue weighted by Gasteiger charge is 2.48. The first-order valence-electron chi connectivity index (χ1n) is 14.5. The Balaban J connectivity index is 1.09. The van der Waals surface area contributed by atoms with Crippen LogP contribution in [0.3, 0.4) is 0 Å². The molecule has 6 atom stereocenters. The molecule has 3 aliphatic carbocycles. The maximum absolute atomic E-state index is 13.4. The molecule has 1 heterocycles. The Hall–Kier alpha value is -2.00. The minimum Gasteiger partial charge on any atom is -0.301 e. The summed E-state index contributed by atoms with van der Waals surface area (Å²) in [5, 5.41) is 3.53. The largest absolute Gasteiger partial charge is 0.301 e. The summed E-state index contributed by atoms with van der Waals surface area (Å²) < 4.78 is 0. The molecule has 194 valence electrons. The Morgan fingerprint density at radius 3 is 2.39 bits per heavy atom. The van der Waals surface area contributed by atoms with Crippen molar-refractivity contribution in [2.75, 3.05) is 0 Å². The molecule has 3 nitrogen and oxygen atoms in total. The van der Waals surface area contributed by atoms with E-state index in [4.69, 9.17) is 0 Å². The summed E-state index contributed by atoms with van der Waals surface area (Å²) in [6.45, 7) is 8.82. The molecule has 1 aromatic rings. The van der Waals surface area contributed by atoms with E-state index in [9.17, 15) is 9.59 Å². The molecule has 4 aliphatic rings. The first-order valence-corrected chi connectivity index (χ1v) is 14.5. The van der Waals surface area contributed by atoms with Crippen molar-refractivity contribution in [3.8, 4) is 0 Å². The normalized spacial score (nSPS) is 31.9. The van der Waals surface area contributed by atoms with Crippen molar-refractivity contribution < 1.29 is 9.59 Å². The van der Waals surface area contributed by atoms with Crippen molar-refractivity contribution in [2.45, 2.75) is 104 Å². The van der Waals surface area contributed by atoms with Crippen LogP contribution in [0.1, 0.15) is 103 Å². The van der Waals surface area contributed by atoms with Crippen molar-refractivity contribution in [3.05, 3.63) is 47.5 Å². The van der Waals surface area contributed by atoms with Crippen LogP contribution in [0.25, 0.3) is 11.1 Å². The highest BCUT2D eigenvalue weighted by Crippen LogP contribution is 2.52. The van der Waals surface area contributed by atoms with Crippen LogP contribution in [0.4, 0.5) is 0 Å². The van der Waals surface area contributed by atoms with Gasteiger partial charge in [0.25, 0.3) is 0 Å². The molecule has 0 spiro atoms. The lowest BCUT2D eigenvalue weighted by Gasteiger charge is -2.35. The molecule has 3 heteroatoms. The maximum Gasteiger partial charge on any atom is 0.181 e. The second-order valence-corrected chi connectivity index (χ2v) is 13.3. The summed E-state index contributed by atoms with van der Waals surface area (Å²) in [7, 11) is 0. The van der Waals surface area contributed by atoms with Gasteiger partial charge < -0.3 is 5.32 Å². The number of hydrogen-bond donors (Lipinski definition) is 1. The number of ketones is 2. The van der Waals surface area contributed by atoms with Crippen LogP contribution in [0.15, 0.2) is 36.4 Å². The minimum atomic E-state index is -0.0124. The first kappa shape index (κ1) is 25.6. The zero-order valence-electron chi connectivity index (χ0n) is 22.8. The molecule has 2 saturated carbocycles. The van der Waals surface area contributed by atoms with Gasteiger partial charge in [-0.25, -0.2) is 0 Å². The zero-order valence-corrected chi connectivity index (χ0v) is 22.8. The molecule has 1 aliphatic heterocycles. The average Bonchev–Trinajstić information content (AvgIpc) is 3.42. The molecule has 3 fully saturated rings. The summed E-state index contributed by atoms with van der Waals surface area (Å²) in [5.41, 5.74) is 4.65. The van der Waals surface area contributed by atoms with Crippen LogP contribution in [0.5, 0.6) is 0 Å². The fraction of sp³-hybridized carbons (Fsp3) is 0.636. The predicted octanol–water partition coefficient (Wildman–Crippen LogP) is 7.40. The number of carbonyl (C=O) groups excluding carboxylic acids is 2. The van der Waals surface area contributed by atoms with Crippen LogP contribution < -0.4 is 5.32 Å². The van der Waals surface area contributed by atoms with E-state index in [0.29, 0.717) is 17.2 Å². The van der Waals surface area contributed by atoms with E-state index in [1.807, 2.05) is 13.0 Å². The Morgan fingerprint density at radius 1 is 1.03 bits per heavy atom. The second-order valence-electron chi connectivity index (χ2n) is 13.3. The van der Waals surface area contributed by atoms with E-state index in [0.717, 1.165) is 78.9 Å². The van der Waals surface area contributed by atoms with Gasteiger partial charge in [-0.3, -0.25) is 9.59 Å². The number of allylic oxidation sites excluding steroid dienone is 3. The molecule has 2 bridgehead atoms. The highest BCUT2D eigenvalue weighted by molar-refractivity contribution is 6.29. The summed E-state index contributed by atoms with van der Waals surface area (Å²) in [6.07, 6.45) is 15.4. The summed E-state index contributed by atoms with van der Waals surface area (Å²) in [5.74, 6) is 3.83. The van der Waals surface area contributed by atoms with Gasteiger partial charge in [0.2, 0.25) is 0 Å². The van der Waals surface area contributed by atoms with Gasteiger partial charge in [-0.05, 0) is 110 Å². The van der Waals surface area contributed by atoms with Crippen LogP contribution in [0, 0.1) is 29.1 Å². The number of nitrogens with one attached hydrogen (secondary N) is 1. The molecular weight excluding hydrogens is 442 g/mol. The topological polar surface area (TPSA) is 56.1 Å². The lowest BCUT2D eigenvalue weighted by Crippen LogP contribution is -2.28. The van der Waals surface area contributed by atoms with E-state index in [1.54, 1.807) is 0 Å². The average molecular weight is 488 g/mol. The number of carbonyl (C=O) groups is 2. The Bertz CT molecular complexity index is 1040. The monoisotopic (exact) mass is 487 g/mol. The molecule has 1 aromatic carbocycles. The van der Waals surface area contributed by atoms with Crippen LogP contribution in [-0.2, 0) is 9.59 Å². The maximum atomic E-state index is 13.4. The van der Waals surface area contributed by atoms with Crippen LogP contribution >= 0.6 is 0 Å². The summed E-state index contributed by atoms with van der Waals surface area (Å²) in [6, 6.07) is 8.61. The number of Topliss-reactive ketones (excluding diaryl/α,β-unsaturated/α-hetero) is 2. The summed E-state index contributed by atoms with van der Waals surface area (Å²) in [4.78, 5) is 25.9. The lowest BCUT2D eigenvalue weighted by atomic mass is 9.70. The van der Waals surface area contributed by atoms with Crippen molar-refractivity contribution in [1.82, 2.24) is 5.32 Å². The Kier molecular flexibility index (Phi) is 7.41. The number of benzene rings is 1. The van der Waals surface area contributed by atoms with Crippen molar-refractivity contribution in [2.24, 2.45) is 29.1 Å². The number of hydrogen-bond acceptors (Lipinski definition) is 3. The molecule has 36 heavy (non-hydrogen) atoms. The van der Waals surface area contributed by atoms with Gasteiger partial charge in [-0.2, -0.15) is 0 Å². The summed E-state index contributed by atoms with van der Waals surface area (Å²) >= 11 is 0. The van der Waals surface area contributed by atoms with E-state index in [-0.39, 0.29) is 11.8 Å². The molecule has 4 unspecified atom stereocenters. The third kappa shape index (κ3) is 5.62. The smallest absolute Gasteiger partial charge is 0.181 e. The standard InChI is InChI=1S/C33H45NO2/c1-5-22-20-29(28-11-7-6-10-27(22)28)32(36)31-30(34-31)19-21-17-23-12-13-24(18-21)26(23)15-14-25(35)9-8-16-33(2,3)4/h5-7,10-11,20-21,23-24,26,30-31,34H,8-9,12-19H2,1-4H3/b22-5-/t21?,23-,24?,26?,30-,31?/m1/s1. The SMILES string of the molecule is C/C=C1/C=C(C(=O)C2N[C@@H]2CC2CC3CC[C@H](C2)C3CCC(=O)CCCC(C)(C)C)c2ccccc21. The van der Waals surface area contributed by atoms with Gasteiger partial charge in [-0.15, -0.1) is 0 Å². The second kappa shape index (κ2) is 10.4. The van der Waals surface area contributed by atoms with E-state index in [2.05, 4.69) is 56.4 Å². The van der Waals surface area contributed by atoms with Crippen LogP contribution in [0.2, 0.25) is 0 Å². The molecule has 0 aromatic heterocycles. The molecular formula is C33H45NO2. The highest BCUT2D eigenvalue weighted by atomic mass is 16.1. The molecule has 1 N–H and O–H groups in total. The lowest BCUT2D eigenvalue weighted by molar-refractivity contribution is -0.119. The quantitative estimate of drug-likeness (QED) is 0.350. The van der Waals surface area contributed by atoms with Gasteiger partial charge in [0.05, 0.1) is 6.04 Å². The van der Waals surface area contributed by atoms with Gasteiger partial charge in [-0.1, -0.05) is 51.1 Å². The Labute approximate surface area is 218 Å². The van der Waals surface area contributed by atoms with Gasteiger partial charge in [0.15, 0.2) is 5.78 Å². The van der Waals surface area contributed by atoms with Crippen LogP contribution in [-0.4, -0.2) is 23.7 Å². The molecule has 0 amide bonds. The van der Waals surface area contributed by atoms with Crippen molar-refractivity contribution >= 4 is 22.7 Å². The number of fused-ring (bicyclic) bond motifs is 3. The molecule has 5 rings (SSSR count). The fourth-order valence-corrected chi connectivity index (χ4v) is 7.60. The van der Waals surface area contributed by atoms with E-state index >= 15 is 0 Å². The van der Waals surface area contributed by atoms with E-state index in [1.165, 1.54) is 31.2 Å². The Morgan fingerprint density at radius 2 is 1.72 bits per heavy atom.